The molecular formula is C12H15ClO2. The van der Waals surface area contributed by atoms with Crippen LogP contribution < -0.4 is 4.74 Å². The van der Waals surface area contributed by atoms with Gasteiger partial charge in [-0.2, -0.15) is 0 Å². The van der Waals surface area contributed by atoms with Crippen LogP contribution in [-0.2, 0) is 11.2 Å². The van der Waals surface area contributed by atoms with E-state index in [1.165, 1.54) is 5.56 Å². The minimum absolute atomic E-state index is 0.306. The summed E-state index contributed by atoms with van der Waals surface area (Å²) < 4.78 is 5.45. The summed E-state index contributed by atoms with van der Waals surface area (Å²) in [6.45, 7) is 2.64. The number of carbonyl (C=O) groups is 1. The molecule has 0 saturated carbocycles. The van der Waals surface area contributed by atoms with Gasteiger partial charge in [0.1, 0.15) is 5.75 Å². The van der Waals surface area contributed by atoms with Gasteiger partial charge in [-0.15, -0.1) is 0 Å². The van der Waals surface area contributed by atoms with Crippen molar-refractivity contribution in [2.45, 2.75) is 26.2 Å². The monoisotopic (exact) mass is 226 g/mol. The second-order valence-electron chi connectivity index (χ2n) is 3.30. The summed E-state index contributed by atoms with van der Waals surface area (Å²) in [6, 6.07) is 7.98. The minimum atomic E-state index is -0.306. The molecule has 2 nitrogen and oxygen atoms in total. The van der Waals surface area contributed by atoms with Crippen molar-refractivity contribution in [2.24, 2.45) is 0 Å². The first-order valence-electron chi connectivity index (χ1n) is 5.12. The third-order valence-corrected chi connectivity index (χ3v) is 2.31. The van der Waals surface area contributed by atoms with Crippen molar-refractivity contribution >= 4 is 16.8 Å². The van der Waals surface area contributed by atoms with Gasteiger partial charge in [-0.1, -0.05) is 19.1 Å². The number of hydrogen-bond acceptors (Lipinski definition) is 2. The lowest BCUT2D eigenvalue weighted by Crippen LogP contribution is -1.99. The summed E-state index contributed by atoms with van der Waals surface area (Å²) in [5, 5.41) is -0.306. The Morgan fingerprint density at radius 3 is 2.53 bits per heavy atom. The van der Waals surface area contributed by atoms with Crippen LogP contribution in [0.3, 0.4) is 0 Å². The highest BCUT2D eigenvalue weighted by Gasteiger charge is 1.97. The second kappa shape index (κ2) is 6.46. The average Bonchev–Trinajstić information content (AvgIpc) is 2.25. The molecular weight excluding hydrogens is 212 g/mol. The van der Waals surface area contributed by atoms with Crippen LogP contribution in [0.2, 0.25) is 0 Å². The number of benzene rings is 1. The van der Waals surface area contributed by atoms with Crippen LogP contribution in [0.4, 0.5) is 0 Å². The maximum Gasteiger partial charge on any atom is 0.221 e. The Bertz CT molecular complexity index is 306. The smallest absolute Gasteiger partial charge is 0.221 e. The zero-order valence-electron chi connectivity index (χ0n) is 8.83. The van der Waals surface area contributed by atoms with Gasteiger partial charge in [-0.3, -0.25) is 4.79 Å². The van der Waals surface area contributed by atoms with Gasteiger partial charge in [0, 0.05) is 6.42 Å². The lowest BCUT2D eigenvalue weighted by molar-refractivity contribution is -0.111. The third kappa shape index (κ3) is 4.84. The summed E-state index contributed by atoms with van der Waals surface area (Å²) in [4.78, 5) is 10.4. The van der Waals surface area contributed by atoms with E-state index in [1.54, 1.807) is 0 Å². The molecule has 0 radical (unpaired) electrons. The molecule has 1 aromatic carbocycles. The second-order valence-corrected chi connectivity index (χ2v) is 3.73. The normalized spacial score (nSPS) is 10.0. The summed E-state index contributed by atoms with van der Waals surface area (Å²) in [5.74, 6) is 0.842. The van der Waals surface area contributed by atoms with E-state index in [2.05, 4.69) is 6.92 Å². The Balaban J connectivity index is 2.28. The molecule has 0 aliphatic rings. The van der Waals surface area contributed by atoms with Crippen LogP contribution in [0.5, 0.6) is 5.75 Å². The van der Waals surface area contributed by atoms with Gasteiger partial charge in [-0.05, 0) is 42.1 Å². The standard InChI is InChI=1S/C12H15ClO2/c1-2-10-5-7-11(8-6-10)15-9-3-4-12(13)14/h5-8H,2-4,9H2,1H3. The van der Waals surface area contributed by atoms with Gasteiger partial charge in [0.15, 0.2) is 0 Å². The maximum absolute atomic E-state index is 10.4. The quantitative estimate of drug-likeness (QED) is 0.550. The Hall–Kier alpha value is -1.02. The number of ether oxygens (including phenoxy) is 1. The molecule has 15 heavy (non-hydrogen) atoms. The lowest BCUT2D eigenvalue weighted by atomic mass is 10.2. The van der Waals surface area contributed by atoms with E-state index in [1.807, 2.05) is 24.3 Å². The van der Waals surface area contributed by atoms with Crippen LogP contribution >= 0.6 is 11.6 Å². The number of halogens is 1. The number of rotatable bonds is 6. The van der Waals surface area contributed by atoms with E-state index < -0.39 is 0 Å². The predicted molar refractivity (Wildman–Crippen MR) is 61.4 cm³/mol. The first-order valence-corrected chi connectivity index (χ1v) is 5.50. The number of aryl methyl sites for hydroxylation is 1. The minimum Gasteiger partial charge on any atom is -0.494 e. The molecule has 3 heteroatoms. The molecule has 1 rings (SSSR count). The van der Waals surface area contributed by atoms with Crippen LogP contribution in [0.15, 0.2) is 24.3 Å². The van der Waals surface area contributed by atoms with Crippen LogP contribution in [0.1, 0.15) is 25.3 Å². The molecule has 82 valence electrons. The van der Waals surface area contributed by atoms with Gasteiger partial charge in [0.05, 0.1) is 6.61 Å². The molecule has 0 bridgehead atoms. The van der Waals surface area contributed by atoms with E-state index >= 15 is 0 Å². The third-order valence-electron chi connectivity index (χ3n) is 2.12. The molecule has 0 unspecified atom stereocenters. The SMILES string of the molecule is CCc1ccc(OCCCC(=O)Cl)cc1. The maximum atomic E-state index is 10.4. The van der Waals surface area contributed by atoms with Gasteiger partial charge in [-0.25, -0.2) is 0 Å². The van der Waals surface area contributed by atoms with Gasteiger partial charge in [0.2, 0.25) is 5.24 Å². The topological polar surface area (TPSA) is 26.3 Å². The molecule has 0 spiro atoms. The summed E-state index contributed by atoms with van der Waals surface area (Å²) in [5.41, 5.74) is 1.29. The highest BCUT2D eigenvalue weighted by atomic mass is 35.5. The summed E-state index contributed by atoms with van der Waals surface area (Å²) in [6.07, 6.45) is 2.06. The van der Waals surface area contributed by atoms with E-state index in [-0.39, 0.29) is 5.24 Å². The highest BCUT2D eigenvalue weighted by Crippen LogP contribution is 2.12. The fourth-order valence-corrected chi connectivity index (χ4v) is 1.36. The molecule has 0 aliphatic carbocycles. The van der Waals surface area contributed by atoms with E-state index in [0.717, 1.165) is 12.2 Å². The number of carbonyl (C=O) groups excluding carboxylic acids is 1. The van der Waals surface area contributed by atoms with Crippen molar-refractivity contribution < 1.29 is 9.53 Å². The van der Waals surface area contributed by atoms with Gasteiger partial charge < -0.3 is 4.74 Å². The molecule has 0 N–H and O–H groups in total. The Morgan fingerprint density at radius 2 is 2.00 bits per heavy atom. The van der Waals surface area contributed by atoms with E-state index in [0.29, 0.717) is 19.4 Å². The van der Waals surface area contributed by atoms with Crippen molar-refractivity contribution in [2.75, 3.05) is 6.61 Å². The lowest BCUT2D eigenvalue weighted by Gasteiger charge is -2.05. The van der Waals surface area contributed by atoms with Crippen LogP contribution in [0.25, 0.3) is 0 Å². The largest absolute Gasteiger partial charge is 0.494 e. The fourth-order valence-electron chi connectivity index (χ4n) is 1.22. The van der Waals surface area contributed by atoms with Gasteiger partial charge in [0.25, 0.3) is 0 Å². The van der Waals surface area contributed by atoms with E-state index in [9.17, 15) is 4.79 Å². The summed E-state index contributed by atoms with van der Waals surface area (Å²) >= 11 is 5.20. The summed E-state index contributed by atoms with van der Waals surface area (Å²) in [7, 11) is 0. The number of hydrogen-bond donors (Lipinski definition) is 0. The molecule has 0 aliphatic heterocycles. The average molecular weight is 227 g/mol. The van der Waals surface area contributed by atoms with E-state index in [4.69, 9.17) is 16.3 Å². The van der Waals surface area contributed by atoms with Crippen molar-refractivity contribution in [3.63, 3.8) is 0 Å². The van der Waals surface area contributed by atoms with Crippen molar-refractivity contribution in [3.8, 4) is 5.75 Å². The van der Waals surface area contributed by atoms with Crippen molar-refractivity contribution in [1.82, 2.24) is 0 Å². The Morgan fingerprint density at radius 1 is 1.33 bits per heavy atom. The molecule has 0 heterocycles. The fraction of sp³-hybridized carbons (Fsp3) is 0.417. The van der Waals surface area contributed by atoms with Crippen molar-refractivity contribution in [3.05, 3.63) is 29.8 Å². The molecule has 0 aromatic heterocycles. The first-order chi connectivity index (χ1) is 7.22. The molecule has 0 atom stereocenters. The highest BCUT2D eigenvalue weighted by molar-refractivity contribution is 6.63. The molecule has 1 aromatic rings. The Kier molecular flexibility index (Phi) is 5.19. The molecule has 0 amide bonds. The zero-order chi connectivity index (χ0) is 11.1. The molecule has 0 fully saturated rings. The first kappa shape index (κ1) is 12.1. The van der Waals surface area contributed by atoms with Crippen LogP contribution in [0, 0.1) is 0 Å². The predicted octanol–water partition coefficient (Wildman–Crippen LogP) is 3.17. The molecule has 0 saturated heterocycles. The van der Waals surface area contributed by atoms with Crippen molar-refractivity contribution in [1.29, 1.82) is 0 Å². The Labute approximate surface area is 95.2 Å². The van der Waals surface area contributed by atoms with Gasteiger partial charge >= 0.3 is 0 Å². The zero-order valence-corrected chi connectivity index (χ0v) is 9.59. The van der Waals surface area contributed by atoms with Crippen LogP contribution in [-0.4, -0.2) is 11.8 Å².